The van der Waals surface area contributed by atoms with Gasteiger partial charge in [0.15, 0.2) is 12.1 Å². The molecule has 12 nitrogen and oxygen atoms in total. The molecule has 0 unspecified atom stereocenters. The van der Waals surface area contributed by atoms with E-state index >= 15 is 0 Å². The number of hydrogen-bond donors (Lipinski definition) is 4. The average molecular weight is 486 g/mol. The van der Waals surface area contributed by atoms with E-state index in [2.05, 4.69) is 24.5 Å². The molecule has 32 heavy (non-hydrogen) atoms. The minimum atomic E-state index is -4.90. The molecule has 4 N–H and O–H groups in total. The quantitative estimate of drug-likeness (QED) is 0.247. The molecule has 14 heteroatoms. The van der Waals surface area contributed by atoms with Crippen LogP contribution in [-0.4, -0.2) is 40.1 Å². The van der Waals surface area contributed by atoms with Crippen molar-refractivity contribution in [2.75, 3.05) is 0 Å². The second-order valence-corrected chi connectivity index (χ2v) is 10.6. The largest absolute Gasteiger partial charge is 0.505 e. The molecule has 1 heterocycles. The Kier molecular flexibility index (Phi) is 7.66. The summed E-state index contributed by atoms with van der Waals surface area (Å²) in [4.78, 5) is 33.3. The molecule has 0 radical (unpaired) electrons. The molecular weight excluding hydrogens is 463 g/mol. The summed E-state index contributed by atoms with van der Waals surface area (Å²) in [6.07, 6.45) is 0.271. The van der Waals surface area contributed by atoms with Crippen molar-refractivity contribution >= 4 is 35.6 Å². The van der Waals surface area contributed by atoms with Crippen molar-refractivity contribution in [1.82, 2.24) is 9.71 Å². The van der Waals surface area contributed by atoms with Crippen LogP contribution >= 0.6 is 7.82 Å². The number of benzene rings is 1. The van der Waals surface area contributed by atoms with Gasteiger partial charge in [0.05, 0.1) is 28.4 Å². The van der Waals surface area contributed by atoms with E-state index in [1.807, 2.05) is 0 Å². The van der Waals surface area contributed by atoms with Crippen molar-refractivity contribution in [2.24, 2.45) is 10.2 Å². The first-order chi connectivity index (χ1) is 14.6. The first-order valence-electron chi connectivity index (χ1n) is 9.06. The molecule has 1 aromatic carbocycles. The Morgan fingerprint density at radius 3 is 2.47 bits per heavy atom. The molecule has 0 aliphatic carbocycles. The maximum absolute atomic E-state index is 12.5. The van der Waals surface area contributed by atoms with Gasteiger partial charge in [-0.2, -0.15) is 0 Å². The molecule has 2 rings (SSSR count). The lowest BCUT2D eigenvalue weighted by Gasteiger charge is -2.20. The van der Waals surface area contributed by atoms with Crippen LogP contribution < -0.4 is 4.72 Å². The van der Waals surface area contributed by atoms with Gasteiger partial charge in [0.1, 0.15) is 5.75 Å². The van der Waals surface area contributed by atoms with Gasteiger partial charge in [-0.05, 0) is 45.9 Å². The van der Waals surface area contributed by atoms with Gasteiger partial charge in [-0.25, -0.2) is 22.7 Å². The summed E-state index contributed by atoms with van der Waals surface area (Å²) >= 11 is 0. The number of nitrogens with one attached hydrogen (secondary N) is 1. The van der Waals surface area contributed by atoms with Crippen LogP contribution in [0.5, 0.6) is 5.75 Å². The Morgan fingerprint density at radius 1 is 1.25 bits per heavy atom. The number of aldehydes is 1. The van der Waals surface area contributed by atoms with Crippen molar-refractivity contribution < 1.29 is 37.2 Å². The summed E-state index contributed by atoms with van der Waals surface area (Å²) in [5, 5.41) is 17.8. The Bertz CT molecular complexity index is 1200. The maximum atomic E-state index is 12.5. The van der Waals surface area contributed by atoms with E-state index in [1.54, 1.807) is 20.8 Å². The number of phosphoric acid groups is 1. The van der Waals surface area contributed by atoms with E-state index in [0.29, 0.717) is 0 Å². The minimum Gasteiger partial charge on any atom is -0.505 e. The first-order valence-corrected chi connectivity index (χ1v) is 12.1. The number of aromatic nitrogens is 1. The SMILES string of the molecule is Cc1nc(N=Nc2cccc(S(=O)(=O)NC(C)(C)C)c2)c(COP(=O)(O)O)c(C=O)c1O. The topological polar surface area (TPSA) is 188 Å². The smallest absolute Gasteiger partial charge is 0.469 e. The molecule has 0 saturated carbocycles. The van der Waals surface area contributed by atoms with E-state index in [0.717, 1.165) is 0 Å². The van der Waals surface area contributed by atoms with Crippen LogP contribution in [0.2, 0.25) is 0 Å². The van der Waals surface area contributed by atoms with Gasteiger partial charge in [0.25, 0.3) is 0 Å². The third-order valence-electron chi connectivity index (χ3n) is 3.79. The van der Waals surface area contributed by atoms with Crippen molar-refractivity contribution in [3.8, 4) is 5.75 Å². The van der Waals surface area contributed by atoms with E-state index in [9.17, 15) is 22.9 Å². The van der Waals surface area contributed by atoms with E-state index in [-0.39, 0.29) is 39.5 Å². The monoisotopic (exact) mass is 486 g/mol. The second kappa shape index (κ2) is 9.53. The Hall–Kier alpha value is -2.54. The highest BCUT2D eigenvalue weighted by molar-refractivity contribution is 7.89. The molecule has 174 valence electrons. The van der Waals surface area contributed by atoms with Crippen LogP contribution in [0.1, 0.15) is 42.4 Å². The standard InChI is InChI=1S/C18H23N4O8PS/c1-11-16(24)14(9-23)15(10-30-31(25,26)27)17(19-11)21-20-12-6-5-7-13(8-12)32(28,29)22-18(2,3)4/h5-9,22,24H,10H2,1-4H3,(H2,25,26,27). The Morgan fingerprint density at radius 2 is 1.91 bits per heavy atom. The van der Waals surface area contributed by atoms with Crippen LogP contribution in [0, 0.1) is 6.92 Å². The Labute approximate surface area is 184 Å². The summed E-state index contributed by atoms with van der Waals surface area (Å²) in [7, 11) is -8.73. The highest BCUT2D eigenvalue weighted by Gasteiger charge is 2.23. The van der Waals surface area contributed by atoms with Crippen LogP contribution in [0.3, 0.4) is 0 Å². The zero-order valence-electron chi connectivity index (χ0n) is 17.7. The molecule has 1 aromatic heterocycles. The first kappa shape index (κ1) is 25.7. The predicted molar refractivity (Wildman–Crippen MR) is 114 cm³/mol. The van der Waals surface area contributed by atoms with Gasteiger partial charge in [-0.3, -0.25) is 9.32 Å². The molecule has 2 aromatic rings. The summed E-state index contributed by atoms with van der Waals surface area (Å²) in [6.45, 7) is 5.69. The summed E-state index contributed by atoms with van der Waals surface area (Å²) in [6, 6.07) is 5.56. The molecule has 0 spiro atoms. The van der Waals surface area contributed by atoms with Crippen LogP contribution in [0.15, 0.2) is 39.4 Å². The predicted octanol–water partition coefficient (Wildman–Crippen LogP) is 3.01. The molecule has 0 bridgehead atoms. The molecule has 0 aliphatic heterocycles. The normalized spacial score (nSPS) is 12.9. The highest BCUT2D eigenvalue weighted by atomic mass is 32.2. The molecule has 0 fully saturated rings. The number of pyridine rings is 1. The number of aromatic hydroxyl groups is 1. The number of sulfonamides is 1. The van der Waals surface area contributed by atoms with Crippen LogP contribution in [0.4, 0.5) is 11.5 Å². The lowest BCUT2D eigenvalue weighted by molar-refractivity contribution is 0.111. The number of rotatable bonds is 8. The fourth-order valence-corrected chi connectivity index (χ4v) is 4.27. The van der Waals surface area contributed by atoms with Crippen LogP contribution in [0.25, 0.3) is 0 Å². The summed E-state index contributed by atoms with van der Waals surface area (Å²) in [5.41, 5.74) is -1.07. The zero-order chi connectivity index (χ0) is 24.3. The number of hydrogen-bond acceptors (Lipinski definition) is 9. The number of phosphoric ester groups is 1. The fourth-order valence-electron chi connectivity index (χ4n) is 2.52. The van der Waals surface area contributed by atoms with Gasteiger partial charge < -0.3 is 14.9 Å². The van der Waals surface area contributed by atoms with Gasteiger partial charge >= 0.3 is 7.82 Å². The van der Waals surface area contributed by atoms with Crippen molar-refractivity contribution in [2.45, 2.75) is 44.7 Å². The number of nitrogens with zero attached hydrogens (tertiary/aromatic N) is 3. The van der Waals surface area contributed by atoms with Crippen molar-refractivity contribution in [3.05, 3.63) is 41.1 Å². The molecule has 0 saturated heterocycles. The van der Waals surface area contributed by atoms with E-state index in [4.69, 9.17) is 9.79 Å². The van der Waals surface area contributed by atoms with Gasteiger partial charge in [-0.15, -0.1) is 10.2 Å². The summed E-state index contributed by atoms with van der Waals surface area (Å²) in [5.74, 6) is -0.735. The Balaban J connectivity index is 2.48. The molecular formula is C18H23N4O8PS. The maximum Gasteiger partial charge on any atom is 0.469 e. The highest BCUT2D eigenvalue weighted by Crippen LogP contribution is 2.40. The van der Waals surface area contributed by atoms with Crippen molar-refractivity contribution in [3.63, 3.8) is 0 Å². The van der Waals surface area contributed by atoms with Crippen LogP contribution in [-0.2, 0) is 25.7 Å². The molecule has 0 aliphatic rings. The average Bonchev–Trinajstić information content (AvgIpc) is 2.65. The van der Waals surface area contributed by atoms with Gasteiger partial charge in [0.2, 0.25) is 10.0 Å². The third kappa shape index (κ3) is 6.99. The lowest BCUT2D eigenvalue weighted by atomic mass is 10.1. The third-order valence-corrected chi connectivity index (χ3v) is 6.01. The number of azo groups is 1. The lowest BCUT2D eigenvalue weighted by Crippen LogP contribution is -2.40. The van der Waals surface area contributed by atoms with Gasteiger partial charge in [0, 0.05) is 11.1 Å². The van der Waals surface area contributed by atoms with Gasteiger partial charge in [-0.1, -0.05) is 6.07 Å². The van der Waals surface area contributed by atoms with E-state index in [1.165, 1.54) is 31.2 Å². The van der Waals surface area contributed by atoms with E-state index < -0.39 is 35.7 Å². The minimum absolute atomic E-state index is 0.0201. The number of carbonyl (C=O) groups excluding carboxylic acids is 1. The van der Waals surface area contributed by atoms with Crippen molar-refractivity contribution in [1.29, 1.82) is 0 Å². The molecule has 0 atom stereocenters. The summed E-state index contributed by atoms with van der Waals surface area (Å²) < 4.78 is 43.0. The molecule has 0 amide bonds. The number of aryl methyl sites for hydroxylation is 1. The zero-order valence-corrected chi connectivity index (χ0v) is 19.4. The number of carbonyl (C=O) groups is 1. The fraction of sp³-hybridized carbons (Fsp3) is 0.333. The second-order valence-electron chi connectivity index (χ2n) is 7.70.